The Hall–Kier alpha value is -3.05. The summed E-state index contributed by atoms with van der Waals surface area (Å²) >= 11 is 0. The maximum Gasteiger partial charge on any atom is 0.126 e. The Morgan fingerprint density at radius 1 is 1.19 bits per heavy atom. The van der Waals surface area contributed by atoms with Gasteiger partial charge in [-0.05, 0) is 98.6 Å². The summed E-state index contributed by atoms with van der Waals surface area (Å²) in [4.78, 5) is 4.73. The summed E-state index contributed by atoms with van der Waals surface area (Å²) in [5, 5.41) is 3.38. The first-order chi connectivity index (χ1) is 15.4. The van der Waals surface area contributed by atoms with Crippen LogP contribution in [0.5, 0.6) is 0 Å². The van der Waals surface area contributed by atoms with E-state index in [1.807, 2.05) is 18.2 Å². The van der Waals surface area contributed by atoms with Gasteiger partial charge in [-0.1, -0.05) is 30.7 Å². The van der Waals surface area contributed by atoms with Crippen molar-refractivity contribution in [2.24, 2.45) is 16.1 Å². The van der Waals surface area contributed by atoms with Gasteiger partial charge < -0.3 is 11.1 Å². The highest BCUT2D eigenvalue weighted by Gasteiger charge is 2.36. The number of benzene rings is 2. The van der Waals surface area contributed by atoms with Gasteiger partial charge in [-0.25, -0.2) is 13.8 Å². The van der Waals surface area contributed by atoms with Gasteiger partial charge in [0.15, 0.2) is 0 Å². The lowest BCUT2D eigenvalue weighted by atomic mass is 9.66. The number of aliphatic imine (C=N–C) groups is 1. The molecule has 1 unspecified atom stereocenters. The van der Waals surface area contributed by atoms with E-state index in [2.05, 4.69) is 24.9 Å². The molecule has 1 aliphatic rings. The normalized spacial score (nSPS) is 21.1. The molecular formula is C27H31F2N3. The van der Waals surface area contributed by atoms with E-state index >= 15 is 0 Å². The zero-order valence-electron chi connectivity index (χ0n) is 18.8. The van der Waals surface area contributed by atoms with Gasteiger partial charge in [0.2, 0.25) is 0 Å². The van der Waals surface area contributed by atoms with Gasteiger partial charge in [-0.15, -0.1) is 6.58 Å². The SMILES string of the molecule is C=CC1(Cc2ccc(C)c(F)c2)CC(=CN)C(=Nc2ccc(F)cc2)C=C1CCNCC. The molecule has 0 spiro atoms. The number of nitrogens with one attached hydrogen (secondary N) is 1. The van der Waals surface area contributed by atoms with E-state index in [1.54, 1.807) is 31.3 Å². The second-order valence-corrected chi connectivity index (χ2v) is 8.24. The number of hydrogen-bond acceptors (Lipinski definition) is 3. The molecule has 0 saturated carbocycles. The summed E-state index contributed by atoms with van der Waals surface area (Å²) in [7, 11) is 0. The molecule has 2 aromatic carbocycles. The van der Waals surface area contributed by atoms with E-state index < -0.39 is 5.41 Å². The van der Waals surface area contributed by atoms with Crippen LogP contribution in [-0.4, -0.2) is 18.8 Å². The molecule has 2 aromatic rings. The first-order valence-corrected chi connectivity index (χ1v) is 11.0. The van der Waals surface area contributed by atoms with Crippen LogP contribution in [0.15, 0.2) is 83.5 Å². The molecule has 3 N–H and O–H groups in total. The number of allylic oxidation sites excluding steroid dienone is 3. The van der Waals surface area contributed by atoms with E-state index in [1.165, 1.54) is 17.7 Å². The van der Waals surface area contributed by atoms with Crippen molar-refractivity contribution >= 4 is 11.4 Å². The Morgan fingerprint density at radius 2 is 1.94 bits per heavy atom. The average molecular weight is 436 g/mol. The minimum absolute atomic E-state index is 0.205. The van der Waals surface area contributed by atoms with Crippen molar-refractivity contribution in [1.29, 1.82) is 0 Å². The first kappa shape index (κ1) is 23.6. The molecule has 3 rings (SSSR count). The number of rotatable bonds is 8. The maximum absolute atomic E-state index is 14.3. The highest BCUT2D eigenvalue weighted by molar-refractivity contribution is 6.11. The van der Waals surface area contributed by atoms with E-state index in [4.69, 9.17) is 10.7 Å². The fourth-order valence-electron chi connectivity index (χ4n) is 4.13. The van der Waals surface area contributed by atoms with E-state index in [0.717, 1.165) is 36.4 Å². The molecule has 0 fully saturated rings. The highest BCUT2D eigenvalue weighted by Crippen LogP contribution is 2.44. The van der Waals surface area contributed by atoms with Gasteiger partial charge in [0.1, 0.15) is 11.6 Å². The van der Waals surface area contributed by atoms with Crippen molar-refractivity contribution in [1.82, 2.24) is 5.32 Å². The molecule has 5 heteroatoms. The minimum Gasteiger partial charge on any atom is -0.404 e. The largest absolute Gasteiger partial charge is 0.404 e. The molecule has 1 aliphatic carbocycles. The fraction of sp³-hybridized carbons (Fsp3) is 0.296. The third-order valence-corrected chi connectivity index (χ3v) is 6.03. The van der Waals surface area contributed by atoms with Gasteiger partial charge in [0, 0.05) is 5.41 Å². The number of halogens is 2. The second-order valence-electron chi connectivity index (χ2n) is 8.24. The number of nitrogens with two attached hydrogens (primary N) is 1. The van der Waals surface area contributed by atoms with Crippen LogP contribution in [0.2, 0.25) is 0 Å². The van der Waals surface area contributed by atoms with Crippen LogP contribution in [0.4, 0.5) is 14.5 Å². The Morgan fingerprint density at radius 3 is 2.56 bits per heavy atom. The highest BCUT2D eigenvalue weighted by atomic mass is 19.1. The molecule has 1 atom stereocenters. The van der Waals surface area contributed by atoms with Crippen LogP contribution in [-0.2, 0) is 6.42 Å². The molecule has 3 nitrogen and oxygen atoms in total. The molecule has 0 radical (unpaired) electrons. The van der Waals surface area contributed by atoms with E-state index in [0.29, 0.717) is 24.1 Å². The van der Waals surface area contributed by atoms with E-state index in [9.17, 15) is 8.78 Å². The zero-order valence-corrected chi connectivity index (χ0v) is 18.8. The van der Waals surface area contributed by atoms with Gasteiger partial charge in [0.05, 0.1) is 11.4 Å². The van der Waals surface area contributed by atoms with Crippen LogP contribution in [0.25, 0.3) is 0 Å². The molecule has 0 aromatic heterocycles. The maximum atomic E-state index is 14.3. The second kappa shape index (κ2) is 10.5. The Bertz CT molecular complexity index is 1050. The predicted octanol–water partition coefficient (Wildman–Crippen LogP) is 5.93. The van der Waals surface area contributed by atoms with Crippen molar-refractivity contribution in [2.75, 3.05) is 13.1 Å². The van der Waals surface area contributed by atoms with Gasteiger partial charge in [0.25, 0.3) is 0 Å². The average Bonchev–Trinajstić information content (AvgIpc) is 2.79. The standard InChI is InChI=1S/C27H31F2N3/c1-4-27(16-20-7-6-19(3)25(29)14-20)17-21(18-30)26(15-22(27)12-13-31-5-2)32-24-10-8-23(28)9-11-24/h4,6-11,14-15,18,31H,1,5,12-13,16-17,30H2,2-3H3. The summed E-state index contributed by atoms with van der Waals surface area (Å²) in [5.74, 6) is -0.506. The number of hydrogen-bond donors (Lipinski definition) is 2. The summed E-state index contributed by atoms with van der Waals surface area (Å²) in [6.07, 6.45) is 7.63. The van der Waals surface area contributed by atoms with Crippen molar-refractivity contribution in [3.63, 3.8) is 0 Å². The first-order valence-electron chi connectivity index (χ1n) is 11.0. The van der Waals surface area contributed by atoms with E-state index in [-0.39, 0.29) is 11.6 Å². The smallest absolute Gasteiger partial charge is 0.126 e. The topological polar surface area (TPSA) is 50.4 Å². The summed E-state index contributed by atoms with van der Waals surface area (Å²) in [5.41, 5.74) is 10.6. The van der Waals surface area contributed by atoms with Crippen LogP contribution < -0.4 is 11.1 Å². The van der Waals surface area contributed by atoms with Crippen LogP contribution in [0.3, 0.4) is 0 Å². The van der Waals surface area contributed by atoms with Gasteiger partial charge in [-0.2, -0.15) is 0 Å². The van der Waals surface area contributed by atoms with Crippen LogP contribution in [0, 0.1) is 24.0 Å². The fourth-order valence-corrected chi connectivity index (χ4v) is 4.13. The van der Waals surface area contributed by atoms with Crippen molar-refractivity contribution in [3.05, 3.63) is 101 Å². The Labute approximate surface area is 189 Å². The lowest BCUT2D eigenvalue weighted by Crippen LogP contribution is -2.32. The predicted molar refractivity (Wildman–Crippen MR) is 129 cm³/mol. The van der Waals surface area contributed by atoms with Gasteiger partial charge >= 0.3 is 0 Å². The molecule has 0 aliphatic heterocycles. The van der Waals surface area contributed by atoms with Gasteiger partial charge in [-0.3, -0.25) is 0 Å². The summed E-state index contributed by atoms with van der Waals surface area (Å²) in [6.45, 7) is 9.68. The molecule has 32 heavy (non-hydrogen) atoms. The molecule has 0 amide bonds. The molecule has 0 heterocycles. The zero-order chi connectivity index (χ0) is 23.1. The third kappa shape index (κ3) is 5.40. The van der Waals surface area contributed by atoms with Crippen LogP contribution in [0.1, 0.15) is 30.9 Å². The lowest BCUT2D eigenvalue weighted by Gasteiger charge is -2.38. The quantitative estimate of drug-likeness (QED) is 0.399. The van der Waals surface area contributed by atoms with Crippen molar-refractivity contribution < 1.29 is 8.78 Å². The minimum atomic E-state index is -0.399. The van der Waals surface area contributed by atoms with Crippen LogP contribution >= 0.6 is 0 Å². The third-order valence-electron chi connectivity index (χ3n) is 6.03. The molecule has 0 saturated heterocycles. The molecule has 168 valence electrons. The lowest BCUT2D eigenvalue weighted by molar-refractivity contribution is 0.431. The summed E-state index contributed by atoms with van der Waals surface area (Å²) in [6, 6.07) is 11.5. The van der Waals surface area contributed by atoms with Crippen molar-refractivity contribution in [2.45, 2.75) is 33.1 Å². The molecular weight excluding hydrogens is 404 g/mol. The monoisotopic (exact) mass is 435 g/mol. The number of nitrogens with zero attached hydrogens (tertiary/aromatic N) is 1. The number of aryl methyl sites for hydroxylation is 1. The summed E-state index contributed by atoms with van der Waals surface area (Å²) < 4.78 is 27.6. The van der Waals surface area contributed by atoms with Crippen molar-refractivity contribution in [3.8, 4) is 0 Å². The Balaban J connectivity index is 2.05. The Kier molecular flexibility index (Phi) is 7.75. The molecule has 0 bridgehead atoms.